The van der Waals surface area contributed by atoms with Crippen molar-refractivity contribution >= 4 is 0 Å². The molecule has 0 spiro atoms. The molecule has 0 saturated heterocycles. The normalized spacial score (nSPS) is 10.7. The van der Waals surface area contributed by atoms with Gasteiger partial charge in [0.1, 0.15) is 6.61 Å². The highest BCUT2D eigenvalue weighted by Gasteiger charge is 2.06. The molecule has 0 unspecified atom stereocenters. The molecule has 0 atom stereocenters. The Kier molecular flexibility index (Phi) is 4.46. The first-order valence-electron chi connectivity index (χ1n) is 6.12. The smallest absolute Gasteiger partial charge is 0.167 e. The lowest BCUT2D eigenvalue weighted by Crippen LogP contribution is -2.09. The largest absolute Gasteiger partial charge is 0.489 e. The highest BCUT2D eigenvalue weighted by Crippen LogP contribution is 2.19. The lowest BCUT2D eigenvalue weighted by atomic mass is 10.2. The van der Waals surface area contributed by atoms with Crippen LogP contribution >= 0.6 is 0 Å². The van der Waals surface area contributed by atoms with Crippen LogP contribution in [0.1, 0.15) is 11.3 Å². The van der Waals surface area contributed by atoms with Crippen molar-refractivity contribution in [2.45, 2.75) is 20.0 Å². The SMILES string of the molecule is CNCc1cn(CCOc2cccc(C)c2F)nn1. The van der Waals surface area contributed by atoms with Crippen LogP contribution in [0.25, 0.3) is 0 Å². The maximum Gasteiger partial charge on any atom is 0.167 e. The lowest BCUT2D eigenvalue weighted by molar-refractivity contribution is 0.276. The van der Waals surface area contributed by atoms with E-state index in [-0.39, 0.29) is 11.6 Å². The Morgan fingerprint density at radius 1 is 1.42 bits per heavy atom. The monoisotopic (exact) mass is 264 g/mol. The number of aryl methyl sites for hydroxylation is 1. The second-order valence-corrected chi connectivity index (χ2v) is 4.24. The molecule has 5 nitrogen and oxygen atoms in total. The fourth-order valence-corrected chi connectivity index (χ4v) is 1.69. The van der Waals surface area contributed by atoms with Gasteiger partial charge in [-0.1, -0.05) is 17.3 Å². The van der Waals surface area contributed by atoms with Crippen LogP contribution in [-0.2, 0) is 13.1 Å². The average molecular weight is 264 g/mol. The summed E-state index contributed by atoms with van der Waals surface area (Å²) in [5.41, 5.74) is 1.44. The minimum Gasteiger partial charge on any atom is -0.489 e. The lowest BCUT2D eigenvalue weighted by Gasteiger charge is -2.08. The number of aromatic nitrogens is 3. The molecule has 2 rings (SSSR count). The van der Waals surface area contributed by atoms with E-state index in [0.717, 1.165) is 5.69 Å². The summed E-state index contributed by atoms with van der Waals surface area (Å²) in [5, 5.41) is 10.9. The summed E-state index contributed by atoms with van der Waals surface area (Å²) in [6.45, 7) is 3.27. The molecule has 0 fully saturated rings. The average Bonchev–Trinajstić information content (AvgIpc) is 2.83. The second kappa shape index (κ2) is 6.29. The Hall–Kier alpha value is -1.95. The van der Waals surface area contributed by atoms with Gasteiger partial charge in [0.05, 0.1) is 12.2 Å². The van der Waals surface area contributed by atoms with Crippen LogP contribution in [0, 0.1) is 12.7 Å². The summed E-state index contributed by atoms with van der Waals surface area (Å²) >= 11 is 0. The first-order valence-corrected chi connectivity index (χ1v) is 6.12. The van der Waals surface area contributed by atoms with Crippen LogP contribution in [0.15, 0.2) is 24.4 Å². The van der Waals surface area contributed by atoms with Crippen LogP contribution in [0.3, 0.4) is 0 Å². The number of nitrogens with one attached hydrogen (secondary N) is 1. The van der Waals surface area contributed by atoms with E-state index in [9.17, 15) is 4.39 Å². The third kappa shape index (κ3) is 3.51. The zero-order chi connectivity index (χ0) is 13.7. The van der Waals surface area contributed by atoms with Gasteiger partial charge in [-0.25, -0.2) is 9.07 Å². The van der Waals surface area contributed by atoms with Gasteiger partial charge in [-0.2, -0.15) is 0 Å². The molecule has 0 bridgehead atoms. The maximum atomic E-state index is 13.7. The summed E-state index contributed by atoms with van der Waals surface area (Å²) < 4.78 is 20.8. The van der Waals surface area contributed by atoms with E-state index in [1.54, 1.807) is 29.8 Å². The Labute approximate surface area is 111 Å². The molecule has 0 aliphatic carbocycles. The predicted molar refractivity (Wildman–Crippen MR) is 69.4 cm³/mol. The van der Waals surface area contributed by atoms with E-state index in [1.807, 2.05) is 13.2 Å². The Bertz CT molecular complexity index is 541. The Morgan fingerprint density at radius 3 is 3.05 bits per heavy atom. The fraction of sp³-hybridized carbons (Fsp3) is 0.385. The number of nitrogens with zero attached hydrogens (tertiary/aromatic N) is 3. The Morgan fingerprint density at radius 2 is 2.26 bits per heavy atom. The van der Waals surface area contributed by atoms with Gasteiger partial charge < -0.3 is 10.1 Å². The quantitative estimate of drug-likeness (QED) is 0.859. The molecule has 0 aliphatic heterocycles. The molecule has 0 aliphatic rings. The van der Waals surface area contributed by atoms with Gasteiger partial charge in [0.25, 0.3) is 0 Å². The van der Waals surface area contributed by atoms with Crippen molar-refractivity contribution in [1.82, 2.24) is 20.3 Å². The van der Waals surface area contributed by atoms with E-state index in [4.69, 9.17) is 4.74 Å². The summed E-state index contributed by atoms with van der Waals surface area (Å²) in [5.74, 6) is -0.0347. The van der Waals surface area contributed by atoms with E-state index in [0.29, 0.717) is 25.3 Å². The first-order chi connectivity index (χ1) is 9.20. The molecule has 1 N–H and O–H groups in total. The molecule has 1 aromatic carbocycles. The van der Waals surface area contributed by atoms with Gasteiger partial charge in [0, 0.05) is 12.7 Å². The van der Waals surface area contributed by atoms with Crippen LogP contribution in [0.5, 0.6) is 5.75 Å². The van der Waals surface area contributed by atoms with Crippen molar-refractivity contribution in [3.05, 3.63) is 41.5 Å². The maximum absolute atomic E-state index is 13.7. The molecular formula is C13H17FN4O. The van der Waals surface area contributed by atoms with Gasteiger partial charge in [-0.3, -0.25) is 0 Å². The first kappa shape index (κ1) is 13.5. The molecular weight excluding hydrogens is 247 g/mol. The van der Waals surface area contributed by atoms with E-state index >= 15 is 0 Å². The number of hydrogen-bond donors (Lipinski definition) is 1. The van der Waals surface area contributed by atoms with E-state index in [2.05, 4.69) is 15.6 Å². The van der Waals surface area contributed by atoms with Crippen molar-refractivity contribution in [3.63, 3.8) is 0 Å². The summed E-state index contributed by atoms with van der Waals surface area (Å²) in [6, 6.07) is 5.11. The fourth-order valence-electron chi connectivity index (χ4n) is 1.69. The highest BCUT2D eigenvalue weighted by molar-refractivity contribution is 5.29. The van der Waals surface area contributed by atoms with Gasteiger partial charge in [-0.15, -0.1) is 5.10 Å². The minimum absolute atomic E-state index is 0.274. The van der Waals surface area contributed by atoms with Crippen molar-refractivity contribution in [1.29, 1.82) is 0 Å². The highest BCUT2D eigenvalue weighted by atomic mass is 19.1. The summed E-state index contributed by atoms with van der Waals surface area (Å²) in [7, 11) is 1.85. The van der Waals surface area contributed by atoms with E-state index < -0.39 is 0 Å². The zero-order valence-electron chi connectivity index (χ0n) is 11.1. The molecule has 1 aromatic heterocycles. The van der Waals surface area contributed by atoms with Crippen molar-refractivity contribution < 1.29 is 9.13 Å². The van der Waals surface area contributed by atoms with Crippen molar-refractivity contribution in [2.24, 2.45) is 0 Å². The third-order valence-corrected chi connectivity index (χ3v) is 2.68. The van der Waals surface area contributed by atoms with Crippen molar-refractivity contribution in [2.75, 3.05) is 13.7 Å². The molecule has 19 heavy (non-hydrogen) atoms. The van der Waals surface area contributed by atoms with Crippen LogP contribution in [0.4, 0.5) is 4.39 Å². The van der Waals surface area contributed by atoms with Gasteiger partial charge >= 0.3 is 0 Å². The van der Waals surface area contributed by atoms with Gasteiger partial charge in [-0.05, 0) is 25.6 Å². The van der Waals surface area contributed by atoms with Crippen molar-refractivity contribution in [3.8, 4) is 5.75 Å². The van der Waals surface area contributed by atoms with Gasteiger partial charge in [0.15, 0.2) is 11.6 Å². The number of benzene rings is 1. The molecule has 1 heterocycles. The molecule has 102 valence electrons. The van der Waals surface area contributed by atoms with Crippen LogP contribution in [-0.4, -0.2) is 28.6 Å². The molecule has 0 amide bonds. The second-order valence-electron chi connectivity index (χ2n) is 4.24. The Balaban J connectivity index is 1.87. The molecule has 2 aromatic rings. The predicted octanol–water partition coefficient (Wildman–Crippen LogP) is 1.52. The molecule has 0 saturated carbocycles. The third-order valence-electron chi connectivity index (χ3n) is 2.68. The standard InChI is InChI=1S/C13H17FN4O/c1-10-4-3-5-12(13(10)14)19-7-6-18-9-11(8-15-2)16-17-18/h3-5,9,15H,6-8H2,1-2H3. The number of ether oxygens (including phenoxy) is 1. The van der Waals surface area contributed by atoms with Crippen LogP contribution in [0.2, 0.25) is 0 Å². The number of hydrogen-bond acceptors (Lipinski definition) is 4. The number of halogens is 1. The molecule has 6 heteroatoms. The zero-order valence-corrected chi connectivity index (χ0v) is 11.1. The summed E-state index contributed by atoms with van der Waals surface area (Å²) in [6.07, 6.45) is 1.84. The van der Waals surface area contributed by atoms with Gasteiger partial charge in [0.2, 0.25) is 0 Å². The number of rotatable bonds is 6. The van der Waals surface area contributed by atoms with E-state index in [1.165, 1.54) is 0 Å². The molecule has 0 radical (unpaired) electrons. The topological polar surface area (TPSA) is 52.0 Å². The van der Waals surface area contributed by atoms with Crippen LogP contribution < -0.4 is 10.1 Å². The minimum atomic E-state index is -0.308. The summed E-state index contributed by atoms with van der Waals surface area (Å²) in [4.78, 5) is 0.